The Hall–Kier alpha value is -0.500. The van der Waals surface area contributed by atoms with Gasteiger partial charge in [-0.3, -0.25) is 0 Å². The number of thiocarbonyl (C=S) groups is 1. The smallest absolute Gasteiger partial charge is 0.252 e. The molecule has 1 aromatic heterocycles. The number of sulfonamides is 1. The molecule has 0 saturated carbocycles. The van der Waals surface area contributed by atoms with E-state index >= 15 is 0 Å². The van der Waals surface area contributed by atoms with E-state index in [4.69, 9.17) is 18.0 Å². The van der Waals surface area contributed by atoms with Crippen LogP contribution >= 0.6 is 23.6 Å². The first-order valence-electron chi connectivity index (χ1n) is 5.61. The van der Waals surface area contributed by atoms with E-state index in [0.717, 1.165) is 4.88 Å². The van der Waals surface area contributed by atoms with Crippen molar-refractivity contribution in [1.29, 1.82) is 0 Å². The number of nitrogens with two attached hydrogens (primary N) is 1. The maximum atomic E-state index is 12.5. The van der Waals surface area contributed by atoms with Crippen LogP contribution in [-0.4, -0.2) is 30.3 Å². The van der Waals surface area contributed by atoms with Crippen molar-refractivity contribution in [2.24, 2.45) is 5.73 Å². The van der Waals surface area contributed by atoms with Crippen LogP contribution in [0.5, 0.6) is 0 Å². The highest BCUT2D eigenvalue weighted by molar-refractivity contribution is 7.91. The fourth-order valence-corrected chi connectivity index (χ4v) is 4.68. The summed E-state index contributed by atoms with van der Waals surface area (Å²) in [5, 5.41) is 0. The molecular formula is C11H18N2O2S3. The molecule has 4 nitrogen and oxygen atoms in total. The molecule has 1 heterocycles. The average molecular weight is 306 g/mol. The Morgan fingerprint density at radius 2 is 2.11 bits per heavy atom. The lowest BCUT2D eigenvalue weighted by molar-refractivity contribution is 0.363. The monoisotopic (exact) mass is 306 g/mol. The van der Waals surface area contributed by atoms with Gasteiger partial charge >= 0.3 is 0 Å². The lowest BCUT2D eigenvalue weighted by Gasteiger charge is -2.24. The molecule has 1 aromatic rings. The normalized spacial score (nSPS) is 12.3. The van der Waals surface area contributed by atoms with Crippen molar-refractivity contribution >= 4 is 38.6 Å². The van der Waals surface area contributed by atoms with Crippen LogP contribution < -0.4 is 5.73 Å². The van der Waals surface area contributed by atoms with Gasteiger partial charge in [0, 0.05) is 23.9 Å². The molecule has 0 aromatic carbocycles. The molecular weight excluding hydrogens is 288 g/mol. The van der Waals surface area contributed by atoms with E-state index in [9.17, 15) is 8.42 Å². The van der Waals surface area contributed by atoms with E-state index in [1.807, 2.05) is 26.8 Å². The molecule has 1 rings (SSSR count). The minimum Gasteiger partial charge on any atom is -0.393 e. The topological polar surface area (TPSA) is 63.4 Å². The van der Waals surface area contributed by atoms with Crippen LogP contribution in [0.15, 0.2) is 16.3 Å². The molecule has 0 saturated heterocycles. The summed E-state index contributed by atoms with van der Waals surface area (Å²) < 4.78 is 26.7. The fraction of sp³-hybridized carbons (Fsp3) is 0.545. The summed E-state index contributed by atoms with van der Waals surface area (Å²) in [5.74, 6) is 0. The van der Waals surface area contributed by atoms with E-state index in [1.54, 1.807) is 6.07 Å². The standard InChI is InChI=1S/C11H18N2O2S3/c1-8(2)13(7-6-10(12)16)18(14,15)11-5-4-9(3)17-11/h4-5,8H,6-7H2,1-3H3,(H2,12,16). The minimum atomic E-state index is -3.44. The summed E-state index contributed by atoms with van der Waals surface area (Å²) in [4.78, 5) is 1.31. The number of hydrogen-bond acceptors (Lipinski definition) is 4. The molecule has 102 valence electrons. The predicted octanol–water partition coefficient (Wildman–Crippen LogP) is 2.13. The van der Waals surface area contributed by atoms with Gasteiger partial charge in [-0.25, -0.2) is 8.42 Å². The van der Waals surface area contributed by atoms with Crippen LogP contribution in [-0.2, 0) is 10.0 Å². The molecule has 0 bridgehead atoms. The SMILES string of the molecule is Cc1ccc(S(=O)(=O)N(CCC(N)=S)C(C)C)s1. The predicted molar refractivity (Wildman–Crippen MR) is 79.5 cm³/mol. The Labute approximate surface area is 118 Å². The zero-order valence-electron chi connectivity index (χ0n) is 10.7. The summed E-state index contributed by atoms with van der Waals surface area (Å²) in [6.45, 7) is 5.90. The fourth-order valence-electron chi connectivity index (χ4n) is 1.54. The van der Waals surface area contributed by atoms with Gasteiger partial charge in [0.25, 0.3) is 10.0 Å². The van der Waals surface area contributed by atoms with Crippen LogP contribution in [0.1, 0.15) is 25.1 Å². The highest BCUT2D eigenvalue weighted by Crippen LogP contribution is 2.25. The first-order valence-corrected chi connectivity index (χ1v) is 8.28. The maximum Gasteiger partial charge on any atom is 0.252 e. The van der Waals surface area contributed by atoms with Crippen molar-refractivity contribution in [2.75, 3.05) is 6.54 Å². The molecule has 0 radical (unpaired) electrons. The van der Waals surface area contributed by atoms with E-state index in [0.29, 0.717) is 22.2 Å². The summed E-state index contributed by atoms with van der Waals surface area (Å²) >= 11 is 6.08. The van der Waals surface area contributed by atoms with Gasteiger partial charge in [0.15, 0.2) is 0 Å². The lowest BCUT2D eigenvalue weighted by Crippen LogP contribution is -2.38. The summed E-state index contributed by atoms with van der Waals surface area (Å²) in [6, 6.07) is 3.33. The third-order valence-electron chi connectivity index (χ3n) is 2.43. The third kappa shape index (κ3) is 3.74. The number of hydrogen-bond donors (Lipinski definition) is 1. The van der Waals surface area contributed by atoms with Crippen molar-refractivity contribution in [3.05, 3.63) is 17.0 Å². The molecule has 7 heteroatoms. The largest absolute Gasteiger partial charge is 0.393 e. The van der Waals surface area contributed by atoms with Crippen molar-refractivity contribution < 1.29 is 8.42 Å². The number of nitrogens with zero attached hydrogens (tertiary/aromatic N) is 1. The summed E-state index contributed by atoms with van der Waals surface area (Å²) in [6.07, 6.45) is 0.400. The van der Waals surface area contributed by atoms with E-state index in [1.165, 1.54) is 15.6 Å². The number of rotatable bonds is 6. The van der Waals surface area contributed by atoms with Crippen LogP contribution in [0.25, 0.3) is 0 Å². The quantitative estimate of drug-likeness (QED) is 0.818. The maximum absolute atomic E-state index is 12.5. The second kappa shape index (κ2) is 6.10. The molecule has 0 amide bonds. The molecule has 2 N–H and O–H groups in total. The molecule has 0 fully saturated rings. The van der Waals surface area contributed by atoms with Gasteiger partial charge < -0.3 is 5.73 Å². The molecule has 0 spiro atoms. The first kappa shape index (κ1) is 15.6. The van der Waals surface area contributed by atoms with E-state index < -0.39 is 10.0 Å². The van der Waals surface area contributed by atoms with Crippen LogP contribution in [0.2, 0.25) is 0 Å². The van der Waals surface area contributed by atoms with Crippen molar-refractivity contribution in [1.82, 2.24) is 4.31 Å². The second-order valence-electron chi connectivity index (χ2n) is 4.29. The zero-order chi connectivity index (χ0) is 13.9. The highest BCUT2D eigenvalue weighted by Gasteiger charge is 2.27. The van der Waals surface area contributed by atoms with Crippen LogP contribution in [0.3, 0.4) is 0 Å². The number of thiophene rings is 1. The summed E-state index contributed by atoms with van der Waals surface area (Å²) in [5.41, 5.74) is 5.44. The van der Waals surface area contributed by atoms with Crippen molar-refractivity contribution in [2.45, 2.75) is 37.4 Å². The molecule has 0 aliphatic carbocycles. The van der Waals surface area contributed by atoms with Gasteiger partial charge in [-0.05, 0) is 32.9 Å². The van der Waals surface area contributed by atoms with Gasteiger partial charge in [0.1, 0.15) is 4.21 Å². The highest BCUT2D eigenvalue weighted by atomic mass is 32.2. The Kier molecular flexibility index (Phi) is 5.27. The molecule has 0 unspecified atom stereocenters. The van der Waals surface area contributed by atoms with E-state index in [-0.39, 0.29) is 6.04 Å². The van der Waals surface area contributed by atoms with Crippen LogP contribution in [0.4, 0.5) is 0 Å². The van der Waals surface area contributed by atoms with Gasteiger partial charge in [0.2, 0.25) is 0 Å². The van der Waals surface area contributed by atoms with Crippen LogP contribution in [0, 0.1) is 6.92 Å². The van der Waals surface area contributed by atoms with Crippen molar-refractivity contribution in [3.63, 3.8) is 0 Å². The summed E-state index contributed by atoms with van der Waals surface area (Å²) in [7, 11) is -3.44. The molecule has 0 aliphatic heterocycles. The Morgan fingerprint density at radius 3 is 2.50 bits per heavy atom. The van der Waals surface area contributed by atoms with Gasteiger partial charge in [-0.15, -0.1) is 11.3 Å². The average Bonchev–Trinajstić information content (AvgIpc) is 2.64. The molecule has 0 aliphatic rings. The lowest BCUT2D eigenvalue weighted by atomic mass is 10.3. The Morgan fingerprint density at radius 1 is 1.50 bits per heavy atom. The van der Waals surface area contributed by atoms with Gasteiger partial charge in [0.05, 0.1) is 4.99 Å². The zero-order valence-corrected chi connectivity index (χ0v) is 13.2. The van der Waals surface area contributed by atoms with E-state index in [2.05, 4.69) is 0 Å². The second-order valence-corrected chi connectivity index (χ2v) is 8.22. The van der Waals surface area contributed by atoms with Gasteiger partial charge in [-0.1, -0.05) is 12.2 Å². The molecule has 0 atom stereocenters. The minimum absolute atomic E-state index is 0.119. The Balaban J connectivity index is 3.01. The Bertz CT molecular complexity index is 520. The molecule has 18 heavy (non-hydrogen) atoms. The number of aryl methyl sites for hydroxylation is 1. The first-order chi connectivity index (χ1) is 8.25. The van der Waals surface area contributed by atoms with Crippen molar-refractivity contribution in [3.8, 4) is 0 Å². The van der Waals surface area contributed by atoms with Gasteiger partial charge in [-0.2, -0.15) is 4.31 Å². The third-order valence-corrected chi connectivity index (χ3v) is 6.18.